The zero-order valence-corrected chi connectivity index (χ0v) is 8.23. The number of hydrogen-bond donors (Lipinski definition) is 1. The predicted molar refractivity (Wildman–Crippen MR) is 59.0 cm³/mol. The summed E-state index contributed by atoms with van der Waals surface area (Å²) < 4.78 is 0. The highest BCUT2D eigenvalue weighted by Crippen LogP contribution is 2.31. The van der Waals surface area contributed by atoms with Crippen LogP contribution in [0.2, 0.25) is 0 Å². The van der Waals surface area contributed by atoms with Crippen molar-refractivity contribution < 1.29 is 4.79 Å². The van der Waals surface area contributed by atoms with E-state index in [9.17, 15) is 4.79 Å². The molecular formula is C13H11NO. The number of rotatable bonds is 0. The quantitative estimate of drug-likeness (QED) is 0.639. The molecule has 0 aromatic carbocycles. The second-order valence-electron chi connectivity index (χ2n) is 3.87. The van der Waals surface area contributed by atoms with Crippen LogP contribution in [0, 0.1) is 5.92 Å². The van der Waals surface area contributed by atoms with Gasteiger partial charge in [0.15, 0.2) is 5.78 Å². The molecule has 0 bridgehead atoms. The van der Waals surface area contributed by atoms with Gasteiger partial charge in [-0.2, -0.15) is 0 Å². The number of fused-ring (bicyclic) bond motifs is 2. The molecule has 0 spiro atoms. The average Bonchev–Trinajstić information content (AvgIpc) is 2.29. The maximum Gasteiger partial charge on any atom is 0.188 e. The molecule has 0 aromatic rings. The van der Waals surface area contributed by atoms with E-state index in [0.717, 1.165) is 23.4 Å². The van der Waals surface area contributed by atoms with Crippen LogP contribution in [0.25, 0.3) is 0 Å². The maximum absolute atomic E-state index is 11.8. The Labute approximate surface area is 88.4 Å². The number of carbonyl (C=O) groups is 1. The van der Waals surface area contributed by atoms with Gasteiger partial charge in [-0.3, -0.25) is 4.79 Å². The Kier molecular flexibility index (Phi) is 1.75. The molecule has 2 nitrogen and oxygen atoms in total. The third-order valence-electron chi connectivity index (χ3n) is 2.96. The Hall–Kier alpha value is -1.83. The first kappa shape index (κ1) is 8.48. The molecule has 1 N–H and O–H groups in total. The van der Waals surface area contributed by atoms with E-state index >= 15 is 0 Å². The molecule has 74 valence electrons. The molecule has 2 heteroatoms. The minimum Gasteiger partial charge on any atom is -0.384 e. The highest BCUT2D eigenvalue weighted by atomic mass is 16.1. The van der Waals surface area contributed by atoms with Gasteiger partial charge in [-0.05, 0) is 17.7 Å². The first-order chi connectivity index (χ1) is 7.36. The molecular weight excluding hydrogens is 186 g/mol. The molecule has 3 rings (SSSR count). The number of ketones is 1. The van der Waals surface area contributed by atoms with Crippen molar-refractivity contribution in [1.82, 2.24) is 5.32 Å². The Balaban J connectivity index is 2.19. The topological polar surface area (TPSA) is 29.1 Å². The number of allylic oxidation sites excluding steroid dienone is 7. The van der Waals surface area contributed by atoms with Crippen molar-refractivity contribution in [3.8, 4) is 0 Å². The van der Waals surface area contributed by atoms with Gasteiger partial charge >= 0.3 is 0 Å². The molecule has 3 aliphatic rings. The Morgan fingerprint density at radius 2 is 2.13 bits per heavy atom. The SMILES string of the molecule is O=C1C=CC=C2NCC3C=CC=CC3=C12. The van der Waals surface area contributed by atoms with Gasteiger partial charge in [0.05, 0.1) is 0 Å². The van der Waals surface area contributed by atoms with E-state index in [-0.39, 0.29) is 5.78 Å². The van der Waals surface area contributed by atoms with Gasteiger partial charge in [0.25, 0.3) is 0 Å². The summed E-state index contributed by atoms with van der Waals surface area (Å²) in [6.07, 6.45) is 13.6. The fourth-order valence-corrected chi connectivity index (χ4v) is 2.23. The van der Waals surface area contributed by atoms with Crippen LogP contribution < -0.4 is 5.32 Å². The van der Waals surface area contributed by atoms with Gasteiger partial charge < -0.3 is 5.32 Å². The minimum absolute atomic E-state index is 0.111. The molecule has 0 saturated heterocycles. The molecule has 1 unspecified atom stereocenters. The van der Waals surface area contributed by atoms with Gasteiger partial charge in [-0.1, -0.05) is 30.4 Å². The molecule has 0 aromatic heterocycles. The molecule has 15 heavy (non-hydrogen) atoms. The lowest BCUT2D eigenvalue weighted by atomic mass is 9.83. The average molecular weight is 197 g/mol. The molecule has 0 radical (unpaired) electrons. The van der Waals surface area contributed by atoms with Crippen LogP contribution in [-0.2, 0) is 4.79 Å². The molecule has 0 amide bonds. The van der Waals surface area contributed by atoms with E-state index in [4.69, 9.17) is 0 Å². The van der Waals surface area contributed by atoms with Gasteiger partial charge in [0.1, 0.15) is 0 Å². The molecule has 2 aliphatic carbocycles. The van der Waals surface area contributed by atoms with Crippen LogP contribution in [0.15, 0.2) is 59.4 Å². The summed E-state index contributed by atoms with van der Waals surface area (Å²) in [6, 6.07) is 0. The van der Waals surface area contributed by atoms with Crippen molar-refractivity contribution in [2.24, 2.45) is 5.92 Å². The highest BCUT2D eigenvalue weighted by Gasteiger charge is 2.27. The summed E-state index contributed by atoms with van der Waals surface area (Å²) in [5, 5.41) is 3.30. The van der Waals surface area contributed by atoms with Crippen LogP contribution in [0.1, 0.15) is 0 Å². The number of nitrogens with one attached hydrogen (secondary N) is 1. The smallest absolute Gasteiger partial charge is 0.188 e. The van der Waals surface area contributed by atoms with Crippen molar-refractivity contribution in [3.63, 3.8) is 0 Å². The summed E-state index contributed by atoms with van der Waals surface area (Å²) in [7, 11) is 0. The Morgan fingerprint density at radius 3 is 3.07 bits per heavy atom. The normalized spacial score (nSPS) is 27.1. The fraction of sp³-hybridized carbons (Fsp3) is 0.154. The third kappa shape index (κ3) is 1.22. The van der Waals surface area contributed by atoms with Gasteiger partial charge in [-0.15, -0.1) is 0 Å². The summed E-state index contributed by atoms with van der Waals surface area (Å²) in [4.78, 5) is 11.8. The van der Waals surface area contributed by atoms with Crippen LogP contribution in [-0.4, -0.2) is 12.3 Å². The van der Waals surface area contributed by atoms with Crippen LogP contribution in [0.5, 0.6) is 0 Å². The standard InChI is InChI=1S/C13H11NO/c15-12-7-3-6-11-13(12)10-5-2-1-4-9(10)8-14-11/h1-7,9,14H,8H2. The van der Waals surface area contributed by atoms with Crippen molar-refractivity contribution in [3.05, 3.63) is 59.4 Å². The third-order valence-corrected chi connectivity index (χ3v) is 2.96. The first-order valence-electron chi connectivity index (χ1n) is 5.12. The summed E-state index contributed by atoms with van der Waals surface area (Å²) in [6.45, 7) is 0.882. The van der Waals surface area contributed by atoms with Crippen LogP contribution in [0.4, 0.5) is 0 Å². The monoisotopic (exact) mass is 197 g/mol. The van der Waals surface area contributed by atoms with Crippen molar-refractivity contribution in [1.29, 1.82) is 0 Å². The molecule has 1 heterocycles. The summed E-state index contributed by atoms with van der Waals surface area (Å²) in [5.41, 5.74) is 2.96. The van der Waals surface area contributed by atoms with E-state index in [0.29, 0.717) is 5.92 Å². The van der Waals surface area contributed by atoms with E-state index in [1.54, 1.807) is 12.2 Å². The largest absolute Gasteiger partial charge is 0.384 e. The van der Waals surface area contributed by atoms with E-state index in [1.165, 1.54) is 0 Å². The lowest BCUT2D eigenvalue weighted by molar-refractivity contribution is -0.111. The number of carbonyl (C=O) groups excluding carboxylic acids is 1. The highest BCUT2D eigenvalue weighted by molar-refractivity contribution is 6.09. The van der Waals surface area contributed by atoms with Crippen molar-refractivity contribution >= 4 is 5.78 Å². The minimum atomic E-state index is 0.111. The Morgan fingerprint density at radius 1 is 1.20 bits per heavy atom. The zero-order chi connectivity index (χ0) is 10.3. The summed E-state index contributed by atoms with van der Waals surface area (Å²) >= 11 is 0. The van der Waals surface area contributed by atoms with E-state index < -0.39 is 0 Å². The fourth-order valence-electron chi connectivity index (χ4n) is 2.23. The zero-order valence-electron chi connectivity index (χ0n) is 8.23. The van der Waals surface area contributed by atoms with Gasteiger partial charge in [-0.25, -0.2) is 0 Å². The molecule has 1 aliphatic heterocycles. The first-order valence-corrected chi connectivity index (χ1v) is 5.12. The molecule has 1 atom stereocenters. The van der Waals surface area contributed by atoms with E-state index in [2.05, 4.69) is 11.4 Å². The second kappa shape index (κ2) is 3.09. The summed E-state index contributed by atoms with van der Waals surface area (Å²) in [5.74, 6) is 0.456. The Bertz CT molecular complexity index is 475. The second-order valence-corrected chi connectivity index (χ2v) is 3.87. The molecule has 0 fully saturated rings. The van der Waals surface area contributed by atoms with Gasteiger partial charge in [0, 0.05) is 23.7 Å². The lowest BCUT2D eigenvalue weighted by Crippen LogP contribution is -2.33. The van der Waals surface area contributed by atoms with Crippen molar-refractivity contribution in [2.75, 3.05) is 6.54 Å². The van der Waals surface area contributed by atoms with E-state index in [1.807, 2.05) is 24.3 Å². The maximum atomic E-state index is 11.8. The van der Waals surface area contributed by atoms with Crippen LogP contribution >= 0.6 is 0 Å². The molecule has 0 saturated carbocycles. The van der Waals surface area contributed by atoms with Crippen molar-refractivity contribution in [2.45, 2.75) is 0 Å². The number of hydrogen-bond acceptors (Lipinski definition) is 2. The lowest BCUT2D eigenvalue weighted by Gasteiger charge is -2.29. The predicted octanol–water partition coefficient (Wildman–Crippen LogP) is 1.65. The van der Waals surface area contributed by atoms with Crippen LogP contribution in [0.3, 0.4) is 0 Å². The van der Waals surface area contributed by atoms with Gasteiger partial charge in [0.2, 0.25) is 0 Å².